The molecule has 0 amide bonds. The van der Waals surface area contributed by atoms with E-state index < -0.39 is 0 Å². The molecule has 0 bridgehead atoms. The minimum absolute atomic E-state index is 0.0739. The van der Waals surface area contributed by atoms with Gasteiger partial charge in [-0.05, 0) is 123 Å². The Morgan fingerprint density at radius 1 is 0.565 bits per heavy atom. The molecular weight excluding hydrogens is 1280 g/mol. The third-order valence-corrected chi connectivity index (χ3v) is 24.5. The molecule has 16 heterocycles. The molecule has 12 aromatic rings. The van der Waals surface area contributed by atoms with E-state index in [0.717, 1.165) is 130 Å². The van der Waals surface area contributed by atoms with Gasteiger partial charge >= 0.3 is 0 Å². The molecule has 5 N–H and O–H groups in total. The molecule has 0 aromatic carbocycles. The van der Waals surface area contributed by atoms with Gasteiger partial charge < -0.3 is 34.9 Å². The molecule has 4 aliphatic rings. The predicted molar refractivity (Wildman–Crippen MR) is 372 cm³/mol. The number of aromatic hydroxyl groups is 1. The van der Waals surface area contributed by atoms with Gasteiger partial charge in [0, 0.05) is 147 Å². The summed E-state index contributed by atoms with van der Waals surface area (Å²) < 4.78 is 3.15. The number of hydrogen-bond donors (Lipinski definition) is 5. The maximum atomic E-state index is 12.7. The number of anilines is 3. The molecule has 16 rings (SSSR count). The van der Waals surface area contributed by atoms with Crippen molar-refractivity contribution in [1.82, 2.24) is 89.7 Å². The number of thiazole rings is 6. The van der Waals surface area contributed by atoms with Crippen molar-refractivity contribution < 1.29 is 5.11 Å². The average Bonchev–Trinajstić information content (AvgIpc) is 1.62. The first-order valence-corrected chi connectivity index (χ1v) is 35.5. The summed E-state index contributed by atoms with van der Waals surface area (Å²) in [6, 6.07) is 10.2. The van der Waals surface area contributed by atoms with Crippen molar-refractivity contribution in [2.75, 3.05) is 69.1 Å². The third-order valence-electron chi connectivity index (χ3n) is 18.3. The molecule has 4 aliphatic heterocycles. The smallest absolute Gasteiger partial charge is 0.257 e. The van der Waals surface area contributed by atoms with E-state index >= 15 is 0 Å². The van der Waals surface area contributed by atoms with Gasteiger partial charge in [0.25, 0.3) is 11.1 Å². The fourth-order valence-electron chi connectivity index (χ4n) is 13.1. The summed E-state index contributed by atoms with van der Waals surface area (Å²) in [5.74, 6) is 0.114. The molecule has 478 valence electrons. The van der Waals surface area contributed by atoms with Gasteiger partial charge in [-0.1, -0.05) is 68.0 Å². The number of aromatic amines is 3. The second-order valence-electron chi connectivity index (χ2n) is 25.7. The predicted octanol–water partition coefficient (Wildman–Crippen LogP) is 10.8. The number of nitrogens with zero attached hydrogens (tertiary/aromatic N) is 17. The van der Waals surface area contributed by atoms with Gasteiger partial charge in [-0.2, -0.15) is 15.3 Å². The fraction of sp³-hybridized carbons (Fsp3) is 0.419. The van der Waals surface area contributed by atoms with Crippen molar-refractivity contribution in [3.8, 4) is 60.1 Å². The number of H-pyrrole nitrogens is 3. The van der Waals surface area contributed by atoms with Crippen LogP contribution in [0.3, 0.4) is 0 Å². The molecule has 92 heavy (non-hydrogen) atoms. The number of fused-ring (bicyclic) bond motifs is 3. The van der Waals surface area contributed by atoms with Crippen LogP contribution in [0.25, 0.3) is 83.3 Å². The van der Waals surface area contributed by atoms with Crippen LogP contribution in [-0.4, -0.2) is 179 Å². The zero-order valence-corrected chi connectivity index (χ0v) is 57.3. The maximum absolute atomic E-state index is 12.7. The monoisotopic (exact) mass is 1350 g/mol. The number of likely N-dealkylation sites (tertiary alicyclic amines) is 2. The lowest BCUT2D eigenvalue weighted by Gasteiger charge is -2.56. The van der Waals surface area contributed by atoms with Crippen molar-refractivity contribution in [2.24, 2.45) is 0 Å². The van der Waals surface area contributed by atoms with Gasteiger partial charge in [0.2, 0.25) is 0 Å². The number of nitrogens with one attached hydrogen (secondary N) is 4. The van der Waals surface area contributed by atoms with Crippen molar-refractivity contribution in [1.29, 1.82) is 0 Å². The van der Waals surface area contributed by atoms with Crippen molar-refractivity contribution in [3.05, 3.63) is 107 Å². The molecule has 2 unspecified atom stereocenters. The molecule has 2 atom stereocenters. The maximum Gasteiger partial charge on any atom is 0.257 e. The molecule has 4 fully saturated rings. The standard InChI is InChI=1S/C22H27N7OS2.C20H21N7OS2.C20H23N7OS2/c1-21(2)9-15(10-22(3,4)27-21)28(5)19-25-17-18(31-19)26-20(32-17)29-7-6-13(8-16(29)30)14-11-23-24-12-14;1-26-5-2-20(3-6-26)4-7-27(20)19-25-18-17(30-19)24-16(29-18)15-14(28)8-12(9-21-15)13-10-22-23-11-13;1-12-8-15(5-6-25(12)2)26(3)19-23-17-18(29-19)24-20(30-17)27-7-4-13(9-16(27)28)14-10-21-22-11-14/h6-8,11-12,15,27H,9-10H2,1-5H3,(H,23,24);8-11,28H,2-7H2,1H3,(H,22,23);4,7,9-12,15H,5-6,8H2,1-3H3,(H,21,22). The normalized spacial score (nSPS) is 19.1. The van der Waals surface area contributed by atoms with E-state index in [1.165, 1.54) is 53.3 Å². The zero-order valence-electron chi connectivity index (χ0n) is 52.4. The van der Waals surface area contributed by atoms with Crippen LogP contribution in [0.1, 0.15) is 79.6 Å². The summed E-state index contributed by atoms with van der Waals surface area (Å²) in [5, 5.41) is 39.5. The van der Waals surface area contributed by atoms with Crippen LogP contribution in [0, 0.1) is 0 Å². The highest BCUT2D eigenvalue weighted by Crippen LogP contribution is 2.47. The van der Waals surface area contributed by atoms with Crippen LogP contribution in [-0.2, 0) is 0 Å². The Morgan fingerprint density at radius 2 is 1.05 bits per heavy atom. The van der Waals surface area contributed by atoms with E-state index in [9.17, 15) is 14.7 Å². The lowest BCUT2D eigenvalue weighted by molar-refractivity contribution is 0.135. The van der Waals surface area contributed by atoms with E-state index in [-0.39, 0.29) is 33.5 Å². The Labute approximate surface area is 553 Å². The first-order chi connectivity index (χ1) is 44.2. The summed E-state index contributed by atoms with van der Waals surface area (Å²) in [4.78, 5) is 75.8. The van der Waals surface area contributed by atoms with Gasteiger partial charge in [-0.15, -0.1) is 0 Å². The molecule has 4 saturated heterocycles. The van der Waals surface area contributed by atoms with Crippen LogP contribution >= 0.6 is 68.0 Å². The Bertz CT molecular complexity index is 4570. The first kappa shape index (κ1) is 61.8. The van der Waals surface area contributed by atoms with Crippen molar-refractivity contribution >= 4 is 112 Å². The number of aromatic nitrogens is 15. The zero-order chi connectivity index (χ0) is 63.8. The molecular formula is C62H71N21O3S6. The summed E-state index contributed by atoms with van der Waals surface area (Å²) in [6.45, 7) is 15.8. The van der Waals surface area contributed by atoms with E-state index in [1.54, 1.807) is 117 Å². The summed E-state index contributed by atoms with van der Waals surface area (Å²) in [5.41, 5.74) is 5.81. The largest absolute Gasteiger partial charge is 0.506 e. The first-order valence-electron chi connectivity index (χ1n) is 30.6. The Balaban J connectivity index is 0.000000120. The Hall–Kier alpha value is -7.68. The Kier molecular flexibility index (Phi) is 16.6. The van der Waals surface area contributed by atoms with E-state index in [2.05, 4.69) is 128 Å². The van der Waals surface area contributed by atoms with Gasteiger partial charge in [-0.3, -0.25) is 34.0 Å². The van der Waals surface area contributed by atoms with Gasteiger partial charge in [0.1, 0.15) is 16.5 Å². The summed E-state index contributed by atoms with van der Waals surface area (Å²) in [7, 11) is 8.65. The highest BCUT2D eigenvalue weighted by Gasteiger charge is 2.47. The van der Waals surface area contributed by atoms with Crippen molar-refractivity contribution in [3.63, 3.8) is 0 Å². The van der Waals surface area contributed by atoms with E-state index in [0.29, 0.717) is 39.1 Å². The third kappa shape index (κ3) is 12.4. The number of hydrogen-bond acceptors (Lipinski definition) is 25. The van der Waals surface area contributed by atoms with E-state index in [1.807, 2.05) is 12.1 Å². The highest BCUT2D eigenvalue weighted by molar-refractivity contribution is 7.30. The quantitative estimate of drug-likeness (QED) is 0.0805. The van der Waals surface area contributed by atoms with Crippen LogP contribution < -0.4 is 31.1 Å². The fourth-order valence-corrected chi connectivity index (χ4v) is 19.4. The van der Waals surface area contributed by atoms with Crippen LogP contribution in [0.15, 0.2) is 95.7 Å². The lowest BCUT2D eigenvalue weighted by Crippen LogP contribution is -2.64. The average molecular weight is 1350 g/mol. The highest BCUT2D eigenvalue weighted by atomic mass is 32.1. The second kappa shape index (κ2) is 24.7. The molecule has 12 aromatic heterocycles. The Morgan fingerprint density at radius 3 is 1.53 bits per heavy atom. The summed E-state index contributed by atoms with van der Waals surface area (Å²) in [6.07, 6.45) is 23.7. The van der Waals surface area contributed by atoms with Crippen molar-refractivity contribution in [2.45, 2.75) is 114 Å². The molecule has 0 radical (unpaired) electrons. The summed E-state index contributed by atoms with van der Waals surface area (Å²) >= 11 is 9.22. The minimum Gasteiger partial charge on any atom is -0.506 e. The molecule has 1 spiro atoms. The number of pyridine rings is 3. The van der Waals surface area contributed by atoms with Crippen LogP contribution in [0.5, 0.6) is 5.75 Å². The second-order valence-corrected chi connectivity index (χ2v) is 31.5. The van der Waals surface area contributed by atoms with E-state index in [4.69, 9.17) is 29.9 Å². The molecule has 30 heteroatoms. The van der Waals surface area contributed by atoms with Gasteiger partial charge in [0.05, 0.1) is 18.6 Å². The molecule has 0 aliphatic carbocycles. The lowest BCUT2D eigenvalue weighted by atomic mass is 9.77. The minimum atomic E-state index is -0.124. The molecule has 0 saturated carbocycles. The molecule has 24 nitrogen and oxygen atoms in total. The van der Waals surface area contributed by atoms with Crippen LogP contribution in [0.4, 0.5) is 15.4 Å². The topological polar surface area (TPSA) is 269 Å². The van der Waals surface area contributed by atoms with Gasteiger partial charge in [0.15, 0.2) is 54.6 Å². The van der Waals surface area contributed by atoms with Crippen LogP contribution in [0.2, 0.25) is 0 Å². The number of rotatable bonds is 11. The number of piperidine rings is 3. The van der Waals surface area contributed by atoms with Gasteiger partial charge in [-0.25, -0.2) is 34.9 Å². The SMILES string of the molecule is CC1CC(N(C)c2nc3sc(-n4ccc(-c5cn[nH]c5)cc4=O)nc3s2)CCN1C.CN(c1nc2sc(-n3ccc(-c4cn[nH]c4)cc3=O)nc2s1)C1CC(C)(C)NC(C)(C)C1.CN1CCC2(CC1)CCN2c1nc2sc(-c3ncc(-c4cn[nH]c4)cc3O)nc2s1.